The van der Waals surface area contributed by atoms with E-state index >= 15 is 0 Å². The van der Waals surface area contributed by atoms with Crippen LogP contribution in [0.2, 0.25) is 0 Å². The van der Waals surface area contributed by atoms with Gasteiger partial charge in [-0.15, -0.1) is 0 Å². The number of ether oxygens (including phenoxy) is 2. The van der Waals surface area contributed by atoms with Crippen LogP contribution in [0.25, 0.3) is 0 Å². The molecule has 0 saturated heterocycles. The van der Waals surface area contributed by atoms with Crippen molar-refractivity contribution in [2.45, 2.75) is 112 Å². The highest BCUT2D eigenvalue weighted by Crippen LogP contribution is 2.14. The fourth-order valence-electron chi connectivity index (χ4n) is 3.07. The molecule has 0 aromatic heterocycles. The van der Waals surface area contributed by atoms with Crippen LogP contribution in [0.4, 0.5) is 9.59 Å². The molecule has 6 heteroatoms. The summed E-state index contributed by atoms with van der Waals surface area (Å²) in [6.45, 7) is 19.3. The maximum atomic E-state index is 12.3. The Labute approximate surface area is 153 Å². The summed E-state index contributed by atoms with van der Waals surface area (Å²) in [7, 11) is 0. The van der Waals surface area contributed by atoms with E-state index in [9.17, 15) is 9.59 Å². The third kappa shape index (κ3) is 7.97. The third-order valence-electron chi connectivity index (χ3n) is 3.91. The first-order valence-corrected chi connectivity index (χ1v) is 9.36. The molecular formula is C19H38N2O4. The normalized spacial score (nSPS) is 14.0. The second-order valence-electron chi connectivity index (χ2n) is 7.81. The monoisotopic (exact) mass is 358 g/mol. The van der Waals surface area contributed by atoms with Gasteiger partial charge >= 0.3 is 12.2 Å². The Morgan fingerprint density at radius 3 is 1.04 bits per heavy atom. The van der Waals surface area contributed by atoms with E-state index in [1.54, 1.807) is 9.80 Å². The van der Waals surface area contributed by atoms with Crippen molar-refractivity contribution in [3.8, 4) is 0 Å². The fraction of sp³-hybridized carbons (Fsp3) is 0.895. The maximum Gasteiger partial charge on any atom is 0.410 e. The van der Waals surface area contributed by atoms with Crippen LogP contribution in [-0.4, -0.2) is 58.4 Å². The van der Waals surface area contributed by atoms with E-state index < -0.39 is 0 Å². The first-order chi connectivity index (χ1) is 11.4. The van der Waals surface area contributed by atoms with Gasteiger partial charge in [-0.1, -0.05) is 0 Å². The van der Waals surface area contributed by atoms with Crippen LogP contribution in [0.1, 0.15) is 75.7 Å². The van der Waals surface area contributed by atoms with Crippen LogP contribution >= 0.6 is 0 Å². The van der Waals surface area contributed by atoms with Crippen molar-refractivity contribution in [3.05, 3.63) is 0 Å². The molecule has 0 rings (SSSR count). The minimum absolute atomic E-state index is 0.0700. The largest absolute Gasteiger partial charge is 0.446 e. The molecule has 0 aromatic rings. The Morgan fingerprint density at radius 2 is 0.840 bits per heavy atom. The molecule has 0 radical (unpaired) electrons. The van der Waals surface area contributed by atoms with Gasteiger partial charge in [-0.3, -0.25) is 0 Å². The van der Waals surface area contributed by atoms with Crippen LogP contribution in [0.5, 0.6) is 0 Å². The number of hydrogen-bond acceptors (Lipinski definition) is 4. The Kier molecular flexibility index (Phi) is 9.90. The molecule has 0 saturated carbocycles. The van der Waals surface area contributed by atoms with Gasteiger partial charge in [0, 0.05) is 30.6 Å². The molecule has 0 heterocycles. The van der Waals surface area contributed by atoms with E-state index in [-0.39, 0.29) is 48.6 Å². The predicted molar refractivity (Wildman–Crippen MR) is 101 cm³/mol. The van der Waals surface area contributed by atoms with Crippen LogP contribution in [-0.2, 0) is 9.47 Å². The zero-order chi connectivity index (χ0) is 19.9. The van der Waals surface area contributed by atoms with E-state index in [0.29, 0.717) is 6.42 Å². The van der Waals surface area contributed by atoms with Crippen molar-refractivity contribution in [2.75, 3.05) is 0 Å². The molecule has 0 fully saturated rings. The van der Waals surface area contributed by atoms with Gasteiger partial charge in [0.2, 0.25) is 0 Å². The maximum absolute atomic E-state index is 12.3. The Bertz CT molecular complexity index is 368. The molecule has 0 bridgehead atoms. The van der Waals surface area contributed by atoms with E-state index in [1.165, 1.54) is 0 Å². The third-order valence-corrected chi connectivity index (χ3v) is 3.91. The summed E-state index contributed by atoms with van der Waals surface area (Å²) in [5.41, 5.74) is 0. The standard InChI is InChI=1S/C19H38N2O4/c1-12(2)20(13(3)4)18(22)24-16(9)11-17(10)25-19(23)21(14(5)6)15(7)8/h12-17H,11H2,1-10H3. The van der Waals surface area contributed by atoms with Gasteiger partial charge in [0.15, 0.2) is 0 Å². The van der Waals surface area contributed by atoms with Crippen molar-refractivity contribution in [1.29, 1.82) is 0 Å². The second-order valence-corrected chi connectivity index (χ2v) is 7.81. The van der Waals surface area contributed by atoms with Crippen LogP contribution < -0.4 is 0 Å². The van der Waals surface area contributed by atoms with Crippen LogP contribution in [0.15, 0.2) is 0 Å². The van der Waals surface area contributed by atoms with Crippen LogP contribution in [0, 0.1) is 0 Å². The molecule has 2 unspecified atom stereocenters. The summed E-state index contributed by atoms with van der Waals surface area (Å²) < 4.78 is 11.0. The lowest BCUT2D eigenvalue weighted by molar-refractivity contribution is 0.0128. The fourth-order valence-corrected chi connectivity index (χ4v) is 3.07. The average Bonchev–Trinajstić information content (AvgIpc) is 2.34. The molecule has 0 aliphatic carbocycles. The first kappa shape index (κ1) is 23.5. The summed E-state index contributed by atoms with van der Waals surface area (Å²) in [5.74, 6) is 0. The van der Waals surface area contributed by atoms with Gasteiger partial charge in [-0.2, -0.15) is 0 Å². The summed E-state index contributed by atoms with van der Waals surface area (Å²) in [4.78, 5) is 28.0. The molecule has 6 nitrogen and oxygen atoms in total. The lowest BCUT2D eigenvalue weighted by atomic mass is 10.2. The molecule has 2 amide bonds. The van der Waals surface area contributed by atoms with Crippen molar-refractivity contribution in [2.24, 2.45) is 0 Å². The minimum atomic E-state index is -0.332. The van der Waals surface area contributed by atoms with Gasteiger partial charge < -0.3 is 19.3 Å². The molecule has 0 aliphatic rings. The van der Waals surface area contributed by atoms with E-state index in [1.807, 2.05) is 69.2 Å². The van der Waals surface area contributed by atoms with Gasteiger partial charge in [0.25, 0.3) is 0 Å². The quantitative estimate of drug-likeness (QED) is 0.633. The van der Waals surface area contributed by atoms with Gasteiger partial charge in [-0.05, 0) is 69.2 Å². The first-order valence-electron chi connectivity index (χ1n) is 9.36. The van der Waals surface area contributed by atoms with Crippen molar-refractivity contribution in [1.82, 2.24) is 9.80 Å². The highest BCUT2D eigenvalue weighted by atomic mass is 16.6. The number of carbonyl (C=O) groups excluding carboxylic acids is 2. The SMILES string of the molecule is CC(CC(C)OC(=O)N(C(C)C)C(C)C)OC(=O)N(C(C)C)C(C)C. The molecule has 148 valence electrons. The lowest BCUT2D eigenvalue weighted by Crippen LogP contribution is -2.44. The van der Waals surface area contributed by atoms with Gasteiger partial charge in [0.05, 0.1) is 0 Å². The zero-order valence-electron chi connectivity index (χ0n) is 17.7. The topological polar surface area (TPSA) is 59.1 Å². The smallest absolute Gasteiger partial charge is 0.410 e. The molecular weight excluding hydrogens is 320 g/mol. The highest BCUT2D eigenvalue weighted by Gasteiger charge is 2.26. The molecule has 0 spiro atoms. The van der Waals surface area contributed by atoms with Crippen LogP contribution in [0.3, 0.4) is 0 Å². The van der Waals surface area contributed by atoms with Gasteiger partial charge in [-0.25, -0.2) is 9.59 Å². The van der Waals surface area contributed by atoms with E-state index in [4.69, 9.17) is 9.47 Å². The van der Waals surface area contributed by atoms with Crippen molar-refractivity contribution >= 4 is 12.2 Å². The summed E-state index contributed by atoms with van der Waals surface area (Å²) in [5, 5.41) is 0. The Balaban J connectivity index is 4.62. The number of nitrogens with zero attached hydrogens (tertiary/aromatic N) is 2. The van der Waals surface area contributed by atoms with Crippen molar-refractivity contribution in [3.63, 3.8) is 0 Å². The number of carbonyl (C=O) groups is 2. The molecule has 0 aromatic carbocycles. The average molecular weight is 359 g/mol. The second kappa shape index (κ2) is 10.5. The summed E-state index contributed by atoms with van der Waals surface area (Å²) in [6.07, 6.45) is -0.862. The summed E-state index contributed by atoms with van der Waals surface area (Å²) in [6, 6.07) is 0.280. The highest BCUT2D eigenvalue weighted by molar-refractivity contribution is 5.69. The molecule has 25 heavy (non-hydrogen) atoms. The van der Waals surface area contributed by atoms with E-state index in [2.05, 4.69) is 0 Å². The van der Waals surface area contributed by atoms with Gasteiger partial charge in [0.1, 0.15) is 12.2 Å². The Morgan fingerprint density at radius 1 is 0.600 bits per heavy atom. The molecule has 0 N–H and O–H groups in total. The minimum Gasteiger partial charge on any atom is -0.446 e. The number of rotatable bonds is 8. The lowest BCUT2D eigenvalue weighted by Gasteiger charge is -2.32. The molecule has 0 aliphatic heterocycles. The number of hydrogen-bond donors (Lipinski definition) is 0. The number of amides is 2. The Hall–Kier alpha value is -1.46. The summed E-state index contributed by atoms with van der Waals surface area (Å²) >= 11 is 0. The zero-order valence-corrected chi connectivity index (χ0v) is 17.7. The van der Waals surface area contributed by atoms with E-state index in [0.717, 1.165) is 0 Å². The molecule has 2 atom stereocenters. The van der Waals surface area contributed by atoms with Crippen molar-refractivity contribution < 1.29 is 19.1 Å². The predicted octanol–water partition coefficient (Wildman–Crippen LogP) is 4.66.